The number of aromatic nitrogens is 2. The minimum absolute atomic E-state index is 0. The van der Waals surface area contributed by atoms with Gasteiger partial charge in [0.05, 0.1) is 16.3 Å². The Morgan fingerprint density at radius 2 is 1.46 bits per heavy atom. The maximum atomic E-state index is 12.3. The number of nitrogens with one attached hydrogen (secondary N) is 1. The van der Waals surface area contributed by atoms with Crippen LogP contribution < -0.4 is 64.7 Å². The van der Waals surface area contributed by atoms with Crippen molar-refractivity contribution < 1.29 is 87.9 Å². The molecule has 0 radical (unpaired) electrons. The molecule has 3 aromatic rings. The summed E-state index contributed by atoms with van der Waals surface area (Å²) in [4.78, 5) is 11.0. The maximum Gasteiger partial charge on any atom is 1.00 e. The molecule has 1 heterocycles. The molecule has 0 amide bonds. The Bertz CT molecular complexity index is 1260. The first-order chi connectivity index (χ1) is 12.1. The van der Waals surface area contributed by atoms with Gasteiger partial charge in [-0.15, -0.1) is 0 Å². The predicted molar refractivity (Wildman–Crippen MR) is 93.7 cm³/mol. The molecule has 2 aromatic carbocycles. The second kappa shape index (κ2) is 9.39. The van der Waals surface area contributed by atoms with Crippen molar-refractivity contribution in [1.82, 2.24) is 9.78 Å². The van der Waals surface area contributed by atoms with Crippen LogP contribution in [-0.2, 0) is 20.2 Å². The maximum absolute atomic E-state index is 12.3. The van der Waals surface area contributed by atoms with Crippen molar-refractivity contribution in [2.24, 2.45) is 0 Å². The molecule has 0 aliphatic carbocycles. The van der Waals surface area contributed by atoms with E-state index in [-0.39, 0.29) is 62.0 Å². The Kier molecular flexibility index (Phi) is 8.49. The average molecular weight is 444 g/mol. The molecule has 0 fully saturated rings. The summed E-state index contributed by atoms with van der Waals surface area (Å²) in [5.41, 5.74) is -0.173. The summed E-state index contributed by atoms with van der Waals surface area (Å²) in [7, 11) is -9.43. The van der Waals surface area contributed by atoms with Gasteiger partial charge in [0.15, 0.2) is 0 Å². The molecule has 9 nitrogen and oxygen atoms in total. The fraction of sp³-hybridized carbons (Fsp3) is 0. The van der Waals surface area contributed by atoms with Crippen LogP contribution in [0.3, 0.4) is 0 Å². The van der Waals surface area contributed by atoms with Gasteiger partial charge in [-0.3, -0.25) is 19.0 Å². The first kappa shape index (κ1) is 25.3. The Balaban J connectivity index is 0. The van der Waals surface area contributed by atoms with E-state index in [1.54, 1.807) is 30.3 Å². The van der Waals surface area contributed by atoms with E-state index in [0.29, 0.717) is 11.3 Å². The van der Waals surface area contributed by atoms with E-state index in [9.17, 15) is 26.2 Å². The molecule has 28 heavy (non-hydrogen) atoms. The number of nitrogens with zero attached hydrogens (tertiary/aromatic N) is 1. The number of aromatic amines is 1. The van der Waals surface area contributed by atoms with Gasteiger partial charge in [-0.25, -0.2) is 4.68 Å². The van der Waals surface area contributed by atoms with Gasteiger partial charge in [0.2, 0.25) is 0 Å². The molecule has 0 aliphatic rings. The van der Waals surface area contributed by atoms with Gasteiger partial charge in [0.1, 0.15) is 4.90 Å². The Hall–Kier alpha value is -0.730. The first-order valence-electron chi connectivity index (χ1n) is 7.04. The molecule has 0 aliphatic heterocycles. The number of H-pyrrole nitrogens is 1. The summed E-state index contributed by atoms with van der Waals surface area (Å²) in [6.07, 6.45) is 0. The van der Waals surface area contributed by atoms with Crippen LogP contribution in [0.5, 0.6) is 0 Å². The molecule has 0 spiro atoms. The minimum Gasteiger partial charge on any atom is -1.00 e. The second-order valence-corrected chi connectivity index (χ2v) is 8.10. The number of hydrogen-bond donors (Lipinski definition) is 3. The largest absolute Gasteiger partial charge is 1.00 e. The van der Waals surface area contributed by atoms with Gasteiger partial charge in [-0.1, -0.05) is 30.3 Å². The van der Waals surface area contributed by atoms with E-state index in [1.165, 1.54) is 6.07 Å². The summed E-state index contributed by atoms with van der Waals surface area (Å²) in [6.45, 7) is 0. The molecule has 3 rings (SSSR count). The van der Waals surface area contributed by atoms with Gasteiger partial charge < -0.3 is 2.85 Å². The standard InChI is InChI=1S/C15H12N2O7S2.2Na.2H/c18-15-9-12(10-4-2-1-3-5-10)16-17(15)13-8-11(25(19,20)21)6-7-14(13)26(22,23)24;;;;/h1-9,16H,(H,19,20,21)(H,22,23,24);;;;/q;2*+1;2*-1. The van der Waals surface area contributed by atoms with E-state index < -0.39 is 41.3 Å². The van der Waals surface area contributed by atoms with Crippen molar-refractivity contribution in [3.63, 3.8) is 0 Å². The van der Waals surface area contributed by atoms with E-state index in [0.717, 1.165) is 22.9 Å². The van der Waals surface area contributed by atoms with Crippen LogP contribution in [0.1, 0.15) is 2.85 Å². The van der Waals surface area contributed by atoms with Crippen molar-refractivity contribution >= 4 is 20.2 Å². The van der Waals surface area contributed by atoms with Crippen LogP contribution in [-0.4, -0.2) is 35.7 Å². The molecule has 0 bridgehead atoms. The van der Waals surface area contributed by atoms with Gasteiger partial charge in [0, 0.05) is 6.07 Å². The quantitative estimate of drug-likeness (QED) is 0.272. The van der Waals surface area contributed by atoms with Gasteiger partial charge in [-0.2, -0.15) is 16.8 Å². The van der Waals surface area contributed by atoms with Crippen LogP contribution in [0.2, 0.25) is 0 Å². The SMILES string of the molecule is O=c1cc(-c2ccccc2)[nH]n1-c1cc(S(=O)(=O)O)ccc1S(=O)(=O)O.[H-].[H-].[Na+].[Na+]. The van der Waals surface area contributed by atoms with Crippen molar-refractivity contribution in [3.8, 4) is 16.9 Å². The van der Waals surface area contributed by atoms with E-state index in [2.05, 4.69) is 5.10 Å². The molecule has 13 heteroatoms. The molecule has 140 valence electrons. The smallest absolute Gasteiger partial charge is 1.00 e. The molecule has 1 aromatic heterocycles. The zero-order valence-corrected chi connectivity index (χ0v) is 20.5. The molecule has 0 atom stereocenters. The number of rotatable bonds is 4. The van der Waals surface area contributed by atoms with E-state index >= 15 is 0 Å². The van der Waals surface area contributed by atoms with Crippen LogP contribution in [0, 0.1) is 0 Å². The minimum atomic E-state index is -4.77. The molecular weight excluding hydrogens is 430 g/mol. The van der Waals surface area contributed by atoms with E-state index in [4.69, 9.17) is 4.55 Å². The summed E-state index contributed by atoms with van der Waals surface area (Å²) in [5, 5.41) is 2.66. The van der Waals surface area contributed by atoms with Gasteiger partial charge in [0.25, 0.3) is 25.8 Å². The summed E-state index contributed by atoms with van der Waals surface area (Å²) in [6, 6.07) is 12.2. The van der Waals surface area contributed by atoms with Gasteiger partial charge >= 0.3 is 59.1 Å². The van der Waals surface area contributed by atoms with Crippen molar-refractivity contribution in [3.05, 3.63) is 65.0 Å². The Morgan fingerprint density at radius 3 is 2.00 bits per heavy atom. The topological polar surface area (TPSA) is 147 Å². The van der Waals surface area contributed by atoms with Crippen molar-refractivity contribution in [2.45, 2.75) is 9.79 Å². The second-order valence-electron chi connectivity index (χ2n) is 5.29. The van der Waals surface area contributed by atoms with Crippen LogP contribution in [0.25, 0.3) is 16.9 Å². The molecule has 0 unspecified atom stereocenters. The Labute approximate surface area is 207 Å². The molecule has 0 saturated carbocycles. The summed E-state index contributed by atoms with van der Waals surface area (Å²) >= 11 is 0. The van der Waals surface area contributed by atoms with E-state index in [1.807, 2.05) is 0 Å². The summed E-state index contributed by atoms with van der Waals surface area (Å²) < 4.78 is 65.2. The molecule has 0 saturated heterocycles. The van der Waals surface area contributed by atoms with Crippen LogP contribution in [0.4, 0.5) is 0 Å². The average Bonchev–Trinajstić information content (AvgIpc) is 2.95. The predicted octanol–water partition coefficient (Wildman–Crippen LogP) is -4.44. The number of hydrogen-bond acceptors (Lipinski definition) is 5. The fourth-order valence-corrected chi connectivity index (χ4v) is 3.55. The zero-order valence-electron chi connectivity index (χ0n) is 16.9. The van der Waals surface area contributed by atoms with Gasteiger partial charge in [-0.05, 0) is 23.8 Å². The third-order valence-corrected chi connectivity index (χ3v) is 5.30. The fourth-order valence-electron chi connectivity index (χ4n) is 2.39. The molecular formula is C15H14N2Na2O7S2. The van der Waals surface area contributed by atoms with Crippen molar-refractivity contribution in [2.75, 3.05) is 0 Å². The third kappa shape index (κ3) is 5.45. The van der Waals surface area contributed by atoms with Crippen molar-refractivity contribution in [1.29, 1.82) is 0 Å². The zero-order chi connectivity index (χ0) is 19.1. The number of benzene rings is 2. The summed E-state index contributed by atoms with van der Waals surface area (Å²) in [5.74, 6) is 0. The van der Waals surface area contributed by atoms with Crippen LogP contribution >= 0.6 is 0 Å². The normalized spacial score (nSPS) is 11.4. The third-order valence-electron chi connectivity index (χ3n) is 3.55. The Morgan fingerprint density at radius 1 is 0.857 bits per heavy atom. The van der Waals surface area contributed by atoms with Crippen LogP contribution in [0.15, 0.2) is 69.2 Å². The monoisotopic (exact) mass is 444 g/mol. The molecule has 3 N–H and O–H groups in total. The first-order valence-corrected chi connectivity index (χ1v) is 9.92.